The van der Waals surface area contributed by atoms with Crippen molar-refractivity contribution in [1.29, 1.82) is 0 Å². The molecule has 1 amide bonds. The number of hydrogen-bond acceptors (Lipinski definition) is 5. The van der Waals surface area contributed by atoms with Crippen molar-refractivity contribution in [2.24, 2.45) is 0 Å². The monoisotopic (exact) mass is 476 g/mol. The summed E-state index contributed by atoms with van der Waals surface area (Å²) in [6, 6.07) is 11.1. The van der Waals surface area contributed by atoms with E-state index >= 15 is 0 Å². The van der Waals surface area contributed by atoms with Gasteiger partial charge in [-0.25, -0.2) is 13.4 Å². The number of imidazole rings is 1. The van der Waals surface area contributed by atoms with Gasteiger partial charge < -0.3 is 14.6 Å². The Balaban J connectivity index is 1.83. The molecule has 0 aliphatic rings. The van der Waals surface area contributed by atoms with E-state index in [2.05, 4.69) is 10.3 Å². The molecule has 0 fully saturated rings. The molecule has 2 aromatic carbocycles. The molecule has 0 saturated carbocycles. The lowest BCUT2D eigenvalue weighted by Gasteiger charge is -2.26. The molecule has 32 heavy (non-hydrogen) atoms. The van der Waals surface area contributed by atoms with Crippen LogP contribution >= 0.6 is 11.6 Å². The lowest BCUT2D eigenvalue weighted by atomic mass is 10.2. The van der Waals surface area contributed by atoms with Gasteiger partial charge in [0.05, 0.1) is 24.0 Å². The molecule has 170 valence electrons. The highest BCUT2D eigenvalue weighted by Gasteiger charge is 2.29. The van der Waals surface area contributed by atoms with Crippen molar-refractivity contribution in [2.45, 2.75) is 24.8 Å². The van der Waals surface area contributed by atoms with Gasteiger partial charge in [0, 0.05) is 30.5 Å². The zero-order valence-electron chi connectivity index (χ0n) is 17.9. The summed E-state index contributed by atoms with van der Waals surface area (Å²) in [6.07, 6.45) is 5.89. The number of carbonyl (C=O) groups is 1. The van der Waals surface area contributed by atoms with Gasteiger partial charge >= 0.3 is 0 Å². The number of anilines is 1. The number of sulfonamides is 1. The number of benzene rings is 2. The van der Waals surface area contributed by atoms with Crippen LogP contribution in [-0.4, -0.2) is 44.1 Å². The molecule has 0 spiro atoms. The number of rotatable bonds is 10. The second-order valence-electron chi connectivity index (χ2n) is 7.14. The number of nitrogens with one attached hydrogen (secondary N) is 1. The molecule has 0 bridgehead atoms. The summed E-state index contributed by atoms with van der Waals surface area (Å²) in [6.45, 7) is 2.53. The molecular weight excluding hydrogens is 452 g/mol. The Morgan fingerprint density at radius 2 is 1.97 bits per heavy atom. The molecule has 10 heteroatoms. The molecule has 0 unspecified atom stereocenters. The molecule has 1 heterocycles. The summed E-state index contributed by atoms with van der Waals surface area (Å²) in [7, 11) is -2.63. The van der Waals surface area contributed by atoms with Crippen LogP contribution in [0.3, 0.4) is 0 Å². The van der Waals surface area contributed by atoms with E-state index < -0.39 is 22.5 Å². The van der Waals surface area contributed by atoms with Gasteiger partial charge in [-0.05, 0) is 43.7 Å². The Hall–Kier alpha value is -3.04. The van der Waals surface area contributed by atoms with E-state index in [0.29, 0.717) is 24.5 Å². The van der Waals surface area contributed by atoms with E-state index in [-0.39, 0.29) is 16.3 Å². The van der Waals surface area contributed by atoms with Gasteiger partial charge in [0.1, 0.15) is 12.3 Å². The fraction of sp³-hybridized carbons (Fsp3) is 0.273. The number of amides is 1. The van der Waals surface area contributed by atoms with Crippen LogP contribution in [0.2, 0.25) is 5.02 Å². The van der Waals surface area contributed by atoms with Crippen LogP contribution in [0.15, 0.2) is 66.1 Å². The third-order valence-corrected chi connectivity index (χ3v) is 6.79. The summed E-state index contributed by atoms with van der Waals surface area (Å²) in [4.78, 5) is 16.7. The highest BCUT2D eigenvalue weighted by Crippen LogP contribution is 2.34. The van der Waals surface area contributed by atoms with Crippen LogP contribution < -0.4 is 14.4 Å². The normalized spacial score (nSPS) is 11.2. The molecule has 0 radical (unpaired) electrons. The second-order valence-corrected chi connectivity index (χ2v) is 9.44. The van der Waals surface area contributed by atoms with E-state index in [9.17, 15) is 13.2 Å². The molecular formula is C22H25ClN4O4S. The third kappa shape index (κ3) is 5.80. The lowest BCUT2D eigenvalue weighted by Crippen LogP contribution is -2.41. The standard InChI is InChI=1S/C22H25ClN4O4S/c1-17-4-7-19(8-5-17)32(29,30)27(20-14-18(23)6-9-21(20)31-2)15-22(28)25-10-3-12-26-13-11-24-16-26/h4-9,11,13-14,16H,3,10,12,15H2,1-2H3,(H,25,28). The smallest absolute Gasteiger partial charge is 0.264 e. The first-order valence-electron chi connectivity index (χ1n) is 9.96. The molecule has 0 aliphatic carbocycles. The number of halogens is 1. The number of aryl methyl sites for hydroxylation is 2. The van der Waals surface area contributed by atoms with E-state index in [0.717, 1.165) is 9.87 Å². The summed E-state index contributed by atoms with van der Waals surface area (Å²) < 4.78 is 35.2. The van der Waals surface area contributed by atoms with E-state index in [4.69, 9.17) is 16.3 Å². The van der Waals surface area contributed by atoms with Crippen molar-refractivity contribution in [3.05, 3.63) is 71.8 Å². The number of carbonyl (C=O) groups excluding carboxylic acids is 1. The maximum atomic E-state index is 13.5. The molecule has 0 saturated heterocycles. The molecule has 1 N–H and O–H groups in total. The number of ether oxygens (including phenoxy) is 1. The maximum absolute atomic E-state index is 13.5. The Morgan fingerprint density at radius 1 is 1.22 bits per heavy atom. The van der Waals surface area contributed by atoms with Gasteiger partial charge in [-0.1, -0.05) is 29.3 Å². The maximum Gasteiger partial charge on any atom is 0.264 e. The lowest BCUT2D eigenvalue weighted by molar-refractivity contribution is -0.119. The highest BCUT2D eigenvalue weighted by molar-refractivity contribution is 7.92. The summed E-state index contributed by atoms with van der Waals surface area (Å²) >= 11 is 6.14. The zero-order chi connectivity index (χ0) is 23.1. The Labute approximate surface area is 192 Å². The van der Waals surface area contributed by atoms with Crippen LogP contribution in [0.5, 0.6) is 5.75 Å². The third-order valence-electron chi connectivity index (χ3n) is 4.78. The predicted octanol–water partition coefficient (Wildman–Crippen LogP) is 3.26. The topological polar surface area (TPSA) is 93.5 Å². The van der Waals surface area contributed by atoms with Crippen molar-refractivity contribution >= 4 is 33.2 Å². The fourth-order valence-electron chi connectivity index (χ4n) is 3.09. The van der Waals surface area contributed by atoms with Crippen molar-refractivity contribution in [2.75, 3.05) is 24.5 Å². The quantitative estimate of drug-likeness (QED) is 0.453. The SMILES string of the molecule is COc1ccc(Cl)cc1N(CC(=O)NCCCn1ccnc1)S(=O)(=O)c1ccc(C)cc1. The van der Waals surface area contributed by atoms with E-state index in [1.807, 2.05) is 17.7 Å². The summed E-state index contributed by atoms with van der Waals surface area (Å²) in [5.41, 5.74) is 1.11. The Kier molecular flexibility index (Phi) is 7.76. The minimum absolute atomic E-state index is 0.0676. The van der Waals surface area contributed by atoms with Crippen molar-refractivity contribution in [3.8, 4) is 5.75 Å². The average Bonchev–Trinajstić information content (AvgIpc) is 3.29. The first-order chi connectivity index (χ1) is 15.3. The predicted molar refractivity (Wildman–Crippen MR) is 124 cm³/mol. The van der Waals surface area contributed by atoms with Crippen LogP contribution in [0.4, 0.5) is 5.69 Å². The molecule has 3 rings (SSSR count). The van der Waals surface area contributed by atoms with Gasteiger partial charge in [0.15, 0.2) is 0 Å². The first-order valence-corrected chi connectivity index (χ1v) is 11.8. The number of nitrogens with zero attached hydrogens (tertiary/aromatic N) is 3. The molecule has 3 aromatic rings. The van der Waals surface area contributed by atoms with Gasteiger partial charge in [0.2, 0.25) is 5.91 Å². The van der Waals surface area contributed by atoms with Crippen molar-refractivity contribution in [1.82, 2.24) is 14.9 Å². The van der Waals surface area contributed by atoms with Gasteiger partial charge in [0.25, 0.3) is 10.0 Å². The fourth-order valence-corrected chi connectivity index (χ4v) is 4.68. The second kappa shape index (κ2) is 10.5. The van der Waals surface area contributed by atoms with E-state index in [1.165, 1.54) is 25.3 Å². The number of aromatic nitrogens is 2. The zero-order valence-corrected chi connectivity index (χ0v) is 19.4. The highest BCUT2D eigenvalue weighted by atomic mass is 35.5. The van der Waals surface area contributed by atoms with Crippen molar-refractivity contribution in [3.63, 3.8) is 0 Å². The largest absolute Gasteiger partial charge is 0.495 e. The molecule has 1 aromatic heterocycles. The molecule has 0 atom stereocenters. The van der Waals surface area contributed by atoms with Crippen molar-refractivity contribution < 1.29 is 17.9 Å². The van der Waals surface area contributed by atoms with Gasteiger partial charge in [-0.15, -0.1) is 0 Å². The average molecular weight is 477 g/mol. The van der Waals surface area contributed by atoms with Crippen LogP contribution in [-0.2, 0) is 21.4 Å². The Bertz CT molecular complexity index is 1150. The number of hydrogen-bond donors (Lipinski definition) is 1. The summed E-state index contributed by atoms with van der Waals surface area (Å²) in [5.74, 6) is -0.147. The minimum Gasteiger partial charge on any atom is -0.495 e. The van der Waals surface area contributed by atoms with Crippen LogP contribution in [0, 0.1) is 6.92 Å². The molecule has 8 nitrogen and oxygen atoms in total. The molecule has 0 aliphatic heterocycles. The van der Waals surface area contributed by atoms with Crippen LogP contribution in [0.25, 0.3) is 0 Å². The minimum atomic E-state index is -4.06. The van der Waals surface area contributed by atoms with Gasteiger partial charge in [-0.3, -0.25) is 9.10 Å². The number of methoxy groups -OCH3 is 1. The first kappa shape index (κ1) is 23.6. The van der Waals surface area contributed by atoms with Crippen LogP contribution in [0.1, 0.15) is 12.0 Å². The summed E-state index contributed by atoms with van der Waals surface area (Å²) in [5, 5.41) is 3.10. The Morgan fingerprint density at radius 3 is 2.62 bits per heavy atom. The van der Waals surface area contributed by atoms with E-state index in [1.54, 1.807) is 36.8 Å². The van der Waals surface area contributed by atoms with Gasteiger partial charge in [-0.2, -0.15) is 0 Å².